The molecule has 0 bridgehead atoms. The Kier molecular flexibility index (Phi) is 3.40. The van der Waals surface area contributed by atoms with E-state index in [2.05, 4.69) is 15.1 Å². The molecule has 2 N–H and O–H groups in total. The maximum absolute atomic E-state index is 5.92. The Labute approximate surface area is 117 Å². The van der Waals surface area contributed by atoms with Crippen LogP contribution in [0.5, 0.6) is 0 Å². The number of nitrogen functional groups attached to an aromatic ring is 1. The molecular weight excluding hydrogens is 256 g/mol. The highest BCUT2D eigenvalue weighted by Crippen LogP contribution is 2.41. The van der Waals surface area contributed by atoms with Crippen molar-refractivity contribution < 1.29 is 9.26 Å². The standard InChI is InChI=1S/C14H18N4O2/c1-2-19-14(7-3-4-8-14)13-17-12(20-18-13)11-6-5-10(15)9-16-11/h5-6,9H,2-4,7-8,15H2,1H3. The topological polar surface area (TPSA) is 87.1 Å². The minimum Gasteiger partial charge on any atom is -0.397 e. The fourth-order valence-electron chi connectivity index (χ4n) is 2.70. The van der Waals surface area contributed by atoms with E-state index in [9.17, 15) is 0 Å². The van der Waals surface area contributed by atoms with Crippen LogP contribution in [0, 0.1) is 0 Å². The molecule has 0 saturated heterocycles. The average molecular weight is 274 g/mol. The maximum atomic E-state index is 5.92. The summed E-state index contributed by atoms with van der Waals surface area (Å²) in [6.07, 6.45) is 5.71. The summed E-state index contributed by atoms with van der Waals surface area (Å²) in [4.78, 5) is 8.67. The molecule has 6 heteroatoms. The van der Waals surface area contributed by atoms with E-state index < -0.39 is 0 Å². The van der Waals surface area contributed by atoms with Gasteiger partial charge < -0.3 is 15.0 Å². The van der Waals surface area contributed by atoms with E-state index in [1.54, 1.807) is 18.3 Å². The van der Waals surface area contributed by atoms with Gasteiger partial charge in [-0.05, 0) is 44.7 Å². The van der Waals surface area contributed by atoms with E-state index >= 15 is 0 Å². The van der Waals surface area contributed by atoms with Crippen molar-refractivity contribution in [2.24, 2.45) is 0 Å². The van der Waals surface area contributed by atoms with E-state index in [1.165, 1.54) is 0 Å². The number of nitrogens with zero attached hydrogens (tertiary/aromatic N) is 3. The van der Waals surface area contributed by atoms with Gasteiger partial charge in [0.05, 0.1) is 11.9 Å². The first-order chi connectivity index (χ1) is 9.73. The van der Waals surface area contributed by atoms with Crippen LogP contribution in [-0.4, -0.2) is 21.7 Å². The van der Waals surface area contributed by atoms with Gasteiger partial charge in [0, 0.05) is 6.61 Å². The second-order valence-electron chi connectivity index (χ2n) is 5.03. The minimum absolute atomic E-state index is 0.385. The molecule has 1 aliphatic carbocycles. The lowest BCUT2D eigenvalue weighted by atomic mass is 10.0. The lowest BCUT2D eigenvalue weighted by Crippen LogP contribution is -2.27. The molecule has 0 radical (unpaired) electrons. The van der Waals surface area contributed by atoms with Crippen LogP contribution >= 0.6 is 0 Å². The van der Waals surface area contributed by atoms with Crippen LogP contribution in [0.25, 0.3) is 11.6 Å². The molecule has 2 aromatic heterocycles. The quantitative estimate of drug-likeness (QED) is 0.921. The Morgan fingerprint density at radius 3 is 2.80 bits per heavy atom. The third kappa shape index (κ3) is 2.27. The van der Waals surface area contributed by atoms with Crippen LogP contribution in [0.15, 0.2) is 22.9 Å². The predicted octanol–water partition coefficient (Wildman–Crippen LogP) is 2.52. The molecule has 1 aliphatic rings. The highest BCUT2D eigenvalue weighted by atomic mass is 16.5. The lowest BCUT2D eigenvalue weighted by Gasteiger charge is -2.24. The van der Waals surface area contributed by atoms with Crippen LogP contribution in [0.4, 0.5) is 5.69 Å². The Hall–Kier alpha value is -1.95. The number of hydrogen-bond donors (Lipinski definition) is 1. The minimum atomic E-state index is -0.385. The third-order valence-corrected chi connectivity index (χ3v) is 3.67. The molecule has 0 atom stereocenters. The summed E-state index contributed by atoms with van der Waals surface area (Å²) >= 11 is 0. The molecule has 2 aromatic rings. The van der Waals surface area contributed by atoms with Gasteiger partial charge in [-0.15, -0.1) is 0 Å². The molecular formula is C14H18N4O2. The molecule has 0 amide bonds. The summed E-state index contributed by atoms with van der Waals surface area (Å²) in [5.41, 5.74) is 6.47. The Balaban J connectivity index is 1.91. The SMILES string of the molecule is CCOC1(c2noc(-c3ccc(N)cn3)n2)CCCC1. The Morgan fingerprint density at radius 1 is 1.35 bits per heavy atom. The van der Waals surface area contributed by atoms with Gasteiger partial charge >= 0.3 is 0 Å². The zero-order chi connectivity index (χ0) is 14.0. The van der Waals surface area contributed by atoms with Crippen molar-refractivity contribution in [3.8, 4) is 11.6 Å². The molecule has 0 aromatic carbocycles. The van der Waals surface area contributed by atoms with Gasteiger partial charge in [-0.1, -0.05) is 5.16 Å². The van der Waals surface area contributed by atoms with Crippen molar-refractivity contribution in [1.82, 2.24) is 15.1 Å². The molecule has 0 unspecified atom stereocenters. The van der Waals surface area contributed by atoms with Gasteiger partial charge in [-0.2, -0.15) is 4.98 Å². The van der Waals surface area contributed by atoms with Crippen LogP contribution in [0.2, 0.25) is 0 Å². The first-order valence-corrected chi connectivity index (χ1v) is 6.93. The molecule has 1 fully saturated rings. The van der Waals surface area contributed by atoms with E-state index in [0.717, 1.165) is 25.7 Å². The first kappa shape index (κ1) is 13.1. The molecule has 3 rings (SSSR count). The van der Waals surface area contributed by atoms with Crippen LogP contribution in [0.3, 0.4) is 0 Å². The van der Waals surface area contributed by atoms with Gasteiger partial charge in [0.1, 0.15) is 11.3 Å². The van der Waals surface area contributed by atoms with E-state index in [0.29, 0.717) is 29.7 Å². The first-order valence-electron chi connectivity index (χ1n) is 6.93. The molecule has 20 heavy (non-hydrogen) atoms. The Morgan fingerprint density at radius 2 is 2.15 bits per heavy atom. The lowest BCUT2D eigenvalue weighted by molar-refractivity contribution is -0.0469. The summed E-state index contributed by atoms with van der Waals surface area (Å²) in [6, 6.07) is 3.54. The second-order valence-corrected chi connectivity index (χ2v) is 5.03. The molecule has 0 aliphatic heterocycles. The maximum Gasteiger partial charge on any atom is 0.276 e. The molecule has 106 valence electrons. The van der Waals surface area contributed by atoms with Crippen molar-refractivity contribution in [3.05, 3.63) is 24.2 Å². The molecule has 0 spiro atoms. The van der Waals surface area contributed by atoms with Gasteiger partial charge in [0.25, 0.3) is 5.89 Å². The zero-order valence-electron chi connectivity index (χ0n) is 11.5. The van der Waals surface area contributed by atoms with Crippen molar-refractivity contribution >= 4 is 5.69 Å². The number of pyridine rings is 1. The fourth-order valence-corrected chi connectivity index (χ4v) is 2.70. The van der Waals surface area contributed by atoms with Crippen LogP contribution in [-0.2, 0) is 10.3 Å². The van der Waals surface area contributed by atoms with Crippen molar-refractivity contribution in [2.75, 3.05) is 12.3 Å². The van der Waals surface area contributed by atoms with Crippen molar-refractivity contribution in [3.63, 3.8) is 0 Å². The van der Waals surface area contributed by atoms with E-state index in [-0.39, 0.29) is 5.60 Å². The number of aromatic nitrogens is 3. The zero-order valence-corrected chi connectivity index (χ0v) is 11.5. The number of nitrogens with two attached hydrogens (primary N) is 1. The normalized spacial score (nSPS) is 17.4. The summed E-state index contributed by atoms with van der Waals surface area (Å²) in [5, 5.41) is 4.11. The van der Waals surface area contributed by atoms with Gasteiger partial charge in [-0.25, -0.2) is 4.98 Å². The summed E-state index contributed by atoms with van der Waals surface area (Å²) in [5.74, 6) is 1.04. The smallest absolute Gasteiger partial charge is 0.276 e. The average Bonchev–Trinajstić information content (AvgIpc) is 3.09. The van der Waals surface area contributed by atoms with Crippen LogP contribution < -0.4 is 5.73 Å². The Bertz CT molecular complexity index is 573. The fraction of sp³-hybridized carbons (Fsp3) is 0.500. The van der Waals surface area contributed by atoms with E-state index in [4.69, 9.17) is 15.0 Å². The van der Waals surface area contributed by atoms with Gasteiger partial charge in [0.15, 0.2) is 0 Å². The van der Waals surface area contributed by atoms with Crippen molar-refractivity contribution in [2.45, 2.75) is 38.2 Å². The van der Waals surface area contributed by atoms with Gasteiger partial charge in [0.2, 0.25) is 5.82 Å². The molecule has 6 nitrogen and oxygen atoms in total. The highest BCUT2D eigenvalue weighted by Gasteiger charge is 2.41. The summed E-state index contributed by atoms with van der Waals surface area (Å²) in [6.45, 7) is 2.63. The number of ether oxygens (including phenoxy) is 1. The van der Waals surface area contributed by atoms with E-state index in [1.807, 2.05) is 6.92 Å². The second kappa shape index (κ2) is 5.20. The van der Waals surface area contributed by atoms with Crippen molar-refractivity contribution in [1.29, 1.82) is 0 Å². The summed E-state index contributed by atoms with van der Waals surface area (Å²) < 4.78 is 11.2. The number of rotatable bonds is 4. The van der Waals surface area contributed by atoms with Gasteiger partial charge in [-0.3, -0.25) is 0 Å². The molecule has 1 saturated carbocycles. The predicted molar refractivity (Wildman–Crippen MR) is 73.7 cm³/mol. The number of anilines is 1. The number of hydrogen-bond acceptors (Lipinski definition) is 6. The van der Waals surface area contributed by atoms with Crippen LogP contribution in [0.1, 0.15) is 38.4 Å². The largest absolute Gasteiger partial charge is 0.397 e. The monoisotopic (exact) mass is 274 g/mol. The molecule has 2 heterocycles. The third-order valence-electron chi connectivity index (χ3n) is 3.67. The summed E-state index contributed by atoms with van der Waals surface area (Å²) in [7, 11) is 0. The highest BCUT2D eigenvalue weighted by molar-refractivity contribution is 5.50.